The van der Waals surface area contributed by atoms with Crippen molar-refractivity contribution in [2.45, 2.75) is 25.7 Å². The standard InChI is InChI=1S/C66H49B2N5O/c1-6-22-44(23-7-1)70(45-24-8-2-9-25-45)49-40-59-62-60(41-49)72(47-28-12-4-13-29-47)57-43-58-55(42-54(57)67(62)52-34-16-18-36-56(52)71(59)46-26-10-3-11-27-46)68-53-35-17-19-37-61(53)74-66-51-33-21-39-69-38-20-32-50(64(51)69)65(63(66)68)73(58)48-30-14-5-15-31-48/h1-19,22-31,34-37,40-43H,20-21,32-33,38-39H2. The van der Waals surface area contributed by atoms with E-state index < -0.39 is 0 Å². The van der Waals surface area contributed by atoms with Gasteiger partial charge >= 0.3 is 0 Å². The molecule has 0 aliphatic carbocycles. The first-order valence-electron chi connectivity index (χ1n) is 26.4. The van der Waals surface area contributed by atoms with Gasteiger partial charge in [0, 0.05) is 81.2 Å². The SMILES string of the molecule is c1ccc(N(c2ccccc2)c2cc3c4c(c2)N(c2ccccc2)c2cc5c(cc2B4c2ccccc2N3c2ccccc2)B2c3ccccc3Oc3c4c6c(c(c32)N5c2ccccc2)CCCN6CCC4)cc1. The summed E-state index contributed by atoms with van der Waals surface area (Å²) < 4.78 is 7.32. The van der Waals surface area contributed by atoms with Gasteiger partial charge in [0.05, 0.1) is 11.4 Å². The number of hydrogen-bond acceptors (Lipinski definition) is 6. The van der Waals surface area contributed by atoms with Crippen molar-refractivity contribution in [3.05, 3.63) is 236 Å². The van der Waals surface area contributed by atoms with E-state index >= 15 is 0 Å². The highest BCUT2D eigenvalue weighted by atomic mass is 16.5. The van der Waals surface area contributed by atoms with E-state index in [4.69, 9.17) is 4.74 Å². The fourth-order valence-electron chi connectivity index (χ4n) is 13.8. The topological polar surface area (TPSA) is 25.4 Å². The van der Waals surface area contributed by atoms with Crippen LogP contribution in [0.1, 0.15) is 24.0 Å². The molecule has 0 spiro atoms. The molecular formula is C66H49B2N5O. The molecule has 0 radical (unpaired) electrons. The summed E-state index contributed by atoms with van der Waals surface area (Å²) >= 11 is 0. The zero-order chi connectivity index (χ0) is 48.4. The first kappa shape index (κ1) is 41.7. The zero-order valence-corrected chi connectivity index (χ0v) is 40.9. The quantitative estimate of drug-likeness (QED) is 0.154. The number of benzene rings is 10. The van der Waals surface area contributed by atoms with Crippen molar-refractivity contribution >= 4 is 120 Å². The second-order valence-corrected chi connectivity index (χ2v) is 20.5. The molecule has 0 saturated carbocycles. The Labute approximate surface area is 433 Å². The number of hydrogen-bond donors (Lipinski definition) is 0. The number of anilines is 13. The van der Waals surface area contributed by atoms with Gasteiger partial charge in [-0.15, -0.1) is 0 Å². The highest BCUT2D eigenvalue weighted by Crippen LogP contribution is 2.53. The van der Waals surface area contributed by atoms with Crippen LogP contribution in [-0.4, -0.2) is 26.5 Å². The molecular weight excluding hydrogens is 900 g/mol. The van der Waals surface area contributed by atoms with Crippen LogP contribution in [0.25, 0.3) is 0 Å². The Morgan fingerprint density at radius 1 is 0.365 bits per heavy atom. The largest absolute Gasteiger partial charge is 0.458 e. The number of rotatable bonds is 6. The van der Waals surface area contributed by atoms with Crippen LogP contribution in [0.5, 0.6) is 11.5 Å². The molecule has 6 aliphatic rings. The van der Waals surface area contributed by atoms with E-state index in [2.05, 4.69) is 249 Å². The molecule has 6 nitrogen and oxygen atoms in total. The second kappa shape index (κ2) is 16.3. The fourth-order valence-corrected chi connectivity index (χ4v) is 13.8. The van der Waals surface area contributed by atoms with Gasteiger partial charge in [-0.3, -0.25) is 0 Å². The van der Waals surface area contributed by atoms with Gasteiger partial charge in [0.2, 0.25) is 0 Å². The molecule has 0 saturated heterocycles. The number of para-hydroxylation sites is 7. The Bertz CT molecular complexity index is 3840. The lowest BCUT2D eigenvalue weighted by molar-refractivity contribution is 0.475. The van der Waals surface area contributed by atoms with Gasteiger partial charge in [-0.25, -0.2) is 0 Å². The number of nitrogens with zero attached hydrogens (tertiary/aromatic N) is 5. The molecule has 8 heteroatoms. The second-order valence-electron chi connectivity index (χ2n) is 20.5. The lowest BCUT2D eigenvalue weighted by atomic mass is 9.30. The third kappa shape index (κ3) is 6.02. The van der Waals surface area contributed by atoms with E-state index in [0.717, 1.165) is 90.1 Å². The maximum Gasteiger partial charge on any atom is 0.256 e. The van der Waals surface area contributed by atoms with E-state index in [-0.39, 0.29) is 13.4 Å². The van der Waals surface area contributed by atoms with Crippen LogP contribution in [0, 0.1) is 0 Å². The van der Waals surface area contributed by atoms with Crippen LogP contribution in [0.4, 0.5) is 73.9 Å². The predicted octanol–water partition coefficient (Wildman–Crippen LogP) is 12.3. The first-order chi connectivity index (χ1) is 36.8. The Morgan fingerprint density at radius 3 is 1.47 bits per heavy atom. The Hall–Kier alpha value is -8.87. The summed E-state index contributed by atoms with van der Waals surface area (Å²) in [6.07, 6.45) is 4.32. The van der Waals surface area contributed by atoms with Gasteiger partial charge in [0.25, 0.3) is 13.4 Å². The van der Waals surface area contributed by atoms with E-state index in [1.54, 1.807) is 0 Å². The molecule has 0 unspecified atom stereocenters. The van der Waals surface area contributed by atoms with Gasteiger partial charge in [-0.05, 0) is 155 Å². The summed E-state index contributed by atoms with van der Waals surface area (Å²) in [6, 6.07) is 83.1. The monoisotopic (exact) mass is 949 g/mol. The smallest absolute Gasteiger partial charge is 0.256 e. The molecule has 0 N–H and O–H groups in total. The number of ether oxygens (including phenoxy) is 1. The van der Waals surface area contributed by atoms with E-state index in [1.165, 1.54) is 78.0 Å². The first-order valence-corrected chi connectivity index (χ1v) is 26.4. The summed E-state index contributed by atoms with van der Waals surface area (Å²) in [6.45, 7) is 2.04. The maximum absolute atomic E-state index is 7.32. The van der Waals surface area contributed by atoms with Gasteiger partial charge in [-0.2, -0.15) is 0 Å². The van der Waals surface area contributed by atoms with Crippen molar-refractivity contribution in [3.63, 3.8) is 0 Å². The molecule has 16 rings (SSSR count). The minimum Gasteiger partial charge on any atom is -0.458 e. The average Bonchev–Trinajstić information content (AvgIpc) is 3.54. The molecule has 0 atom stereocenters. The van der Waals surface area contributed by atoms with E-state index in [1.807, 2.05) is 0 Å². The molecule has 6 heterocycles. The average molecular weight is 950 g/mol. The third-order valence-electron chi connectivity index (χ3n) is 16.6. The molecule has 0 fully saturated rings. The van der Waals surface area contributed by atoms with Crippen molar-refractivity contribution in [2.24, 2.45) is 0 Å². The van der Waals surface area contributed by atoms with E-state index in [0.29, 0.717) is 0 Å². The van der Waals surface area contributed by atoms with Crippen molar-refractivity contribution in [1.29, 1.82) is 0 Å². The lowest BCUT2D eigenvalue weighted by Crippen LogP contribution is -2.65. The van der Waals surface area contributed by atoms with Crippen LogP contribution >= 0.6 is 0 Å². The van der Waals surface area contributed by atoms with Gasteiger partial charge in [0.15, 0.2) is 0 Å². The summed E-state index contributed by atoms with van der Waals surface area (Å²) in [4.78, 5) is 12.8. The maximum atomic E-state index is 7.32. The van der Waals surface area contributed by atoms with Crippen molar-refractivity contribution in [2.75, 3.05) is 37.6 Å². The third-order valence-corrected chi connectivity index (χ3v) is 16.6. The summed E-state index contributed by atoms with van der Waals surface area (Å²) in [5.41, 5.74) is 25.9. The molecule has 350 valence electrons. The van der Waals surface area contributed by atoms with Gasteiger partial charge < -0.3 is 29.2 Å². The molecule has 10 aromatic rings. The lowest BCUT2D eigenvalue weighted by Gasteiger charge is -2.48. The van der Waals surface area contributed by atoms with Crippen LogP contribution in [0.3, 0.4) is 0 Å². The summed E-state index contributed by atoms with van der Waals surface area (Å²) in [5.74, 6) is 2.04. The van der Waals surface area contributed by atoms with Gasteiger partial charge in [-0.1, -0.05) is 133 Å². The molecule has 74 heavy (non-hydrogen) atoms. The summed E-state index contributed by atoms with van der Waals surface area (Å²) in [7, 11) is 0. The highest BCUT2D eigenvalue weighted by molar-refractivity contribution is 7.02. The van der Waals surface area contributed by atoms with Gasteiger partial charge in [0.1, 0.15) is 11.5 Å². The molecule has 0 bridgehead atoms. The van der Waals surface area contributed by atoms with Crippen LogP contribution in [-0.2, 0) is 12.8 Å². The summed E-state index contributed by atoms with van der Waals surface area (Å²) in [5, 5.41) is 0. The molecule has 0 amide bonds. The molecule has 10 aromatic carbocycles. The molecule has 6 aliphatic heterocycles. The molecule has 0 aromatic heterocycles. The Balaban J connectivity index is 1.04. The fraction of sp³-hybridized carbons (Fsp3) is 0.0909. The minimum atomic E-state index is -0.0910. The minimum absolute atomic E-state index is 0.0394. The van der Waals surface area contributed by atoms with E-state index in [9.17, 15) is 0 Å². The highest BCUT2D eigenvalue weighted by Gasteiger charge is 2.50. The van der Waals surface area contributed by atoms with Crippen LogP contribution in [0.2, 0.25) is 0 Å². The Kier molecular flexibility index (Phi) is 9.20. The van der Waals surface area contributed by atoms with Crippen molar-refractivity contribution in [3.8, 4) is 11.5 Å². The van der Waals surface area contributed by atoms with Crippen LogP contribution in [0.15, 0.2) is 224 Å². The van der Waals surface area contributed by atoms with Crippen molar-refractivity contribution in [1.82, 2.24) is 0 Å². The zero-order valence-electron chi connectivity index (χ0n) is 40.9. The van der Waals surface area contributed by atoms with Crippen molar-refractivity contribution < 1.29 is 4.74 Å². The van der Waals surface area contributed by atoms with Crippen LogP contribution < -0.4 is 62.0 Å². The normalized spacial score (nSPS) is 14.9. The predicted molar refractivity (Wildman–Crippen MR) is 310 cm³/mol. The Morgan fingerprint density at radius 2 is 0.851 bits per heavy atom. The number of fused-ring (bicyclic) bond motifs is 10.